The lowest BCUT2D eigenvalue weighted by Crippen LogP contribution is -2.06. The van der Waals surface area contributed by atoms with Crippen molar-refractivity contribution in [1.29, 1.82) is 0 Å². The van der Waals surface area contributed by atoms with Crippen molar-refractivity contribution < 1.29 is 0 Å². The number of hydrogen-bond acceptors (Lipinski definition) is 0. The molecule has 2 unspecified atom stereocenters. The number of hydrogen-bond donors (Lipinski definition) is 0. The van der Waals surface area contributed by atoms with E-state index in [0.717, 1.165) is 11.8 Å². The van der Waals surface area contributed by atoms with Gasteiger partial charge in [0.2, 0.25) is 0 Å². The van der Waals surface area contributed by atoms with Crippen LogP contribution in [0.15, 0.2) is 0 Å². The van der Waals surface area contributed by atoms with E-state index in [1.807, 2.05) is 0 Å². The Morgan fingerprint density at radius 2 is 1.38 bits per heavy atom. The first-order valence-electron chi connectivity index (χ1n) is 7.79. The summed E-state index contributed by atoms with van der Waals surface area (Å²) >= 11 is 0. The molecule has 0 nitrogen and oxygen atoms in total. The average Bonchev–Trinajstić information content (AvgIpc) is 2.77. The number of rotatable bonds is 6. The Balaban J connectivity index is 0.000000487. The molecule has 0 heterocycles. The van der Waals surface area contributed by atoms with E-state index in [1.165, 1.54) is 64.2 Å². The van der Waals surface area contributed by atoms with Gasteiger partial charge < -0.3 is 0 Å². The smallest absolute Gasteiger partial charge is 0.0386 e. The van der Waals surface area contributed by atoms with Crippen molar-refractivity contribution in [1.82, 2.24) is 0 Å². The first-order valence-corrected chi connectivity index (χ1v) is 7.79. The van der Waals surface area contributed by atoms with Gasteiger partial charge in [0.1, 0.15) is 0 Å². The standard InChI is InChI=1S/C12H24.C4H10/c1-3-5-6-8-12-10-7-9-11(12)4-2;1-3-4-2/h11-12H,3-10H2,1-2H3;3-4H2,1-2H3. The minimum atomic E-state index is 1.09. The molecule has 1 fully saturated rings. The van der Waals surface area contributed by atoms with E-state index in [2.05, 4.69) is 27.7 Å². The molecule has 98 valence electrons. The minimum absolute atomic E-state index is 1.09. The molecule has 1 rings (SSSR count). The third-order valence-electron chi connectivity index (χ3n) is 4.02. The normalized spacial score (nSPS) is 24.0. The van der Waals surface area contributed by atoms with Crippen LogP contribution in [0.1, 0.15) is 91.9 Å². The molecule has 16 heavy (non-hydrogen) atoms. The van der Waals surface area contributed by atoms with E-state index in [-0.39, 0.29) is 0 Å². The molecule has 0 aromatic rings. The predicted octanol–water partition coefficient (Wildman–Crippen LogP) is 6.20. The monoisotopic (exact) mass is 226 g/mol. The van der Waals surface area contributed by atoms with Crippen molar-refractivity contribution in [3.63, 3.8) is 0 Å². The molecule has 2 atom stereocenters. The summed E-state index contributed by atoms with van der Waals surface area (Å²) in [7, 11) is 0. The lowest BCUT2D eigenvalue weighted by Gasteiger charge is -2.17. The van der Waals surface area contributed by atoms with Crippen molar-refractivity contribution in [3.8, 4) is 0 Å². The summed E-state index contributed by atoms with van der Waals surface area (Å²) < 4.78 is 0. The van der Waals surface area contributed by atoms with Crippen molar-refractivity contribution in [3.05, 3.63) is 0 Å². The Morgan fingerprint density at radius 3 is 1.88 bits per heavy atom. The zero-order chi connectivity index (χ0) is 12.2. The molecular formula is C16H34. The maximum Gasteiger partial charge on any atom is -0.0386 e. The highest BCUT2D eigenvalue weighted by atomic mass is 14.3. The van der Waals surface area contributed by atoms with Crippen LogP contribution in [0.2, 0.25) is 0 Å². The molecule has 0 radical (unpaired) electrons. The maximum atomic E-state index is 2.36. The highest BCUT2D eigenvalue weighted by Crippen LogP contribution is 2.37. The van der Waals surface area contributed by atoms with Gasteiger partial charge in [0.15, 0.2) is 0 Å². The summed E-state index contributed by atoms with van der Waals surface area (Å²) in [5.74, 6) is 2.18. The SMILES string of the molecule is CCCC.CCCCCC1CCCC1CC. The van der Waals surface area contributed by atoms with Crippen molar-refractivity contribution in [2.45, 2.75) is 91.9 Å². The predicted molar refractivity (Wildman–Crippen MR) is 75.8 cm³/mol. The summed E-state index contributed by atoms with van der Waals surface area (Å²) in [6.45, 7) is 9.02. The molecule has 1 saturated carbocycles. The van der Waals surface area contributed by atoms with Crippen LogP contribution in [0.25, 0.3) is 0 Å². The molecule has 0 spiro atoms. The lowest BCUT2D eigenvalue weighted by atomic mass is 9.89. The van der Waals surface area contributed by atoms with Gasteiger partial charge in [0, 0.05) is 0 Å². The Bertz CT molecular complexity index is 126. The van der Waals surface area contributed by atoms with E-state index in [4.69, 9.17) is 0 Å². The first-order chi connectivity index (χ1) is 7.79. The first kappa shape index (κ1) is 16.0. The third-order valence-corrected chi connectivity index (χ3v) is 4.02. The Hall–Kier alpha value is 0. The summed E-state index contributed by atoms with van der Waals surface area (Å²) in [6.07, 6.45) is 14.5. The molecule has 0 saturated heterocycles. The van der Waals surface area contributed by atoms with Crippen molar-refractivity contribution >= 4 is 0 Å². The highest BCUT2D eigenvalue weighted by molar-refractivity contribution is 4.76. The average molecular weight is 226 g/mol. The molecule has 0 N–H and O–H groups in total. The van der Waals surface area contributed by atoms with Crippen LogP contribution in [0.5, 0.6) is 0 Å². The van der Waals surface area contributed by atoms with Gasteiger partial charge in [-0.1, -0.05) is 91.9 Å². The molecule has 1 aliphatic carbocycles. The third kappa shape index (κ3) is 7.30. The van der Waals surface area contributed by atoms with Crippen LogP contribution in [0.3, 0.4) is 0 Å². The van der Waals surface area contributed by atoms with Gasteiger partial charge in [-0.2, -0.15) is 0 Å². The Kier molecular flexibility index (Phi) is 11.5. The van der Waals surface area contributed by atoms with Crippen molar-refractivity contribution in [2.75, 3.05) is 0 Å². The van der Waals surface area contributed by atoms with Crippen LogP contribution >= 0.6 is 0 Å². The topological polar surface area (TPSA) is 0 Å². The second kappa shape index (κ2) is 11.5. The molecule has 0 aromatic heterocycles. The van der Waals surface area contributed by atoms with Gasteiger partial charge in [-0.15, -0.1) is 0 Å². The summed E-state index contributed by atoms with van der Waals surface area (Å²) in [6, 6.07) is 0. The van der Waals surface area contributed by atoms with Gasteiger partial charge >= 0.3 is 0 Å². The second-order valence-electron chi connectivity index (χ2n) is 5.36. The van der Waals surface area contributed by atoms with E-state index < -0.39 is 0 Å². The molecule has 0 aliphatic heterocycles. The van der Waals surface area contributed by atoms with Gasteiger partial charge in [0.05, 0.1) is 0 Å². The van der Waals surface area contributed by atoms with Crippen LogP contribution in [-0.2, 0) is 0 Å². The molecule has 0 aromatic carbocycles. The van der Waals surface area contributed by atoms with Gasteiger partial charge in [-0.25, -0.2) is 0 Å². The Labute approximate surface area is 104 Å². The number of unbranched alkanes of at least 4 members (excludes halogenated alkanes) is 3. The minimum Gasteiger partial charge on any atom is -0.0654 e. The van der Waals surface area contributed by atoms with E-state index in [1.54, 1.807) is 0 Å². The zero-order valence-electron chi connectivity index (χ0n) is 12.2. The van der Waals surface area contributed by atoms with E-state index >= 15 is 0 Å². The molecule has 0 amide bonds. The van der Waals surface area contributed by atoms with E-state index in [9.17, 15) is 0 Å². The fourth-order valence-corrected chi connectivity index (χ4v) is 2.69. The molecule has 0 heteroatoms. The van der Waals surface area contributed by atoms with Crippen LogP contribution in [0.4, 0.5) is 0 Å². The molecular weight excluding hydrogens is 192 g/mol. The van der Waals surface area contributed by atoms with Crippen LogP contribution < -0.4 is 0 Å². The lowest BCUT2D eigenvalue weighted by molar-refractivity contribution is 0.344. The van der Waals surface area contributed by atoms with Crippen molar-refractivity contribution in [2.24, 2.45) is 11.8 Å². The summed E-state index contributed by atoms with van der Waals surface area (Å²) in [5, 5.41) is 0. The van der Waals surface area contributed by atoms with Gasteiger partial charge in [0.25, 0.3) is 0 Å². The van der Waals surface area contributed by atoms with Crippen LogP contribution in [-0.4, -0.2) is 0 Å². The summed E-state index contributed by atoms with van der Waals surface area (Å²) in [5.41, 5.74) is 0. The van der Waals surface area contributed by atoms with E-state index in [0.29, 0.717) is 0 Å². The fraction of sp³-hybridized carbons (Fsp3) is 1.00. The Morgan fingerprint density at radius 1 is 0.750 bits per heavy atom. The molecule has 0 bridgehead atoms. The van der Waals surface area contributed by atoms with Gasteiger partial charge in [-0.05, 0) is 11.8 Å². The summed E-state index contributed by atoms with van der Waals surface area (Å²) in [4.78, 5) is 0. The largest absolute Gasteiger partial charge is 0.0654 e. The highest BCUT2D eigenvalue weighted by Gasteiger charge is 2.24. The van der Waals surface area contributed by atoms with Crippen LogP contribution in [0, 0.1) is 11.8 Å². The fourth-order valence-electron chi connectivity index (χ4n) is 2.69. The second-order valence-corrected chi connectivity index (χ2v) is 5.36. The molecule has 1 aliphatic rings. The maximum absolute atomic E-state index is 2.36. The quantitative estimate of drug-likeness (QED) is 0.473. The van der Waals surface area contributed by atoms with Gasteiger partial charge in [-0.3, -0.25) is 0 Å². The zero-order valence-corrected chi connectivity index (χ0v) is 12.2.